The fourth-order valence-electron chi connectivity index (χ4n) is 2.07. The largest absolute Gasteiger partial charge is 0.495 e. The molecule has 21 heavy (non-hydrogen) atoms. The zero-order valence-electron chi connectivity index (χ0n) is 11.8. The third-order valence-electron chi connectivity index (χ3n) is 3.33. The van der Waals surface area contributed by atoms with Gasteiger partial charge in [0.05, 0.1) is 12.1 Å². The molecule has 0 bridgehead atoms. The van der Waals surface area contributed by atoms with Crippen LogP contribution in [0, 0.1) is 0 Å². The summed E-state index contributed by atoms with van der Waals surface area (Å²) in [6, 6.07) is 4.52. The van der Waals surface area contributed by atoms with Gasteiger partial charge in [0.15, 0.2) is 6.29 Å². The molecular formula is C14H16ClF3O3. The topological polar surface area (TPSA) is 46.5 Å². The Morgan fingerprint density at radius 1 is 1.33 bits per heavy atom. The van der Waals surface area contributed by atoms with Gasteiger partial charge in [0.25, 0.3) is 0 Å². The molecule has 0 heterocycles. The first-order chi connectivity index (χ1) is 9.47. The maximum absolute atomic E-state index is 12.8. The maximum atomic E-state index is 12.8. The highest BCUT2D eigenvalue weighted by molar-refractivity contribution is 6.32. The molecule has 1 N–H and O–H groups in total. The van der Waals surface area contributed by atoms with Crippen molar-refractivity contribution in [3.63, 3.8) is 0 Å². The predicted molar refractivity (Wildman–Crippen MR) is 72.7 cm³/mol. The van der Waals surface area contributed by atoms with Crippen molar-refractivity contribution in [2.75, 3.05) is 7.11 Å². The van der Waals surface area contributed by atoms with Gasteiger partial charge >= 0.3 is 6.18 Å². The number of hydrogen-bond acceptors (Lipinski definition) is 3. The van der Waals surface area contributed by atoms with E-state index in [2.05, 4.69) is 0 Å². The summed E-state index contributed by atoms with van der Waals surface area (Å²) in [7, 11) is 1.38. The van der Waals surface area contributed by atoms with Gasteiger partial charge in [-0.2, -0.15) is 13.2 Å². The second kappa shape index (κ2) is 5.85. The average molecular weight is 325 g/mol. The minimum Gasteiger partial charge on any atom is -0.495 e. The number of aliphatic hydroxyl groups is 1. The lowest BCUT2D eigenvalue weighted by Gasteiger charge is -2.34. The number of aldehydes is 1. The highest BCUT2D eigenvalue weighted by Crippen LogP contribution is 2.41. The molecule has 0 spiro atoms. The fraction of sp³-hybridized carbons (Fsp3) is 0.500. The lowest BCUT2D eigenvalue weighted by molar-refractivity contribution is -0.250. The van der Waals surface area contributed by atoms with Gasteiger partial charge in [0, 0.05) is 6.42 Å². The van der Waals surface area contributed by atoms with Crippen LogP contribution in [-0.4, -0.2) is 30.3 Å². The number of carbonyl (C=O) groups excluding carboxylic acids is 1. The van der Waals surface area contributed by atoms with E-state index >= 15 is 0 Å². The Labute approximate surface area is 125 Å². The molecule has 0 radical (unpaired) electrons. The van der Waals surface area contributed by atoms with E-state index in [0.717, 1.165) is 0 Å². The summed E-state index contributed by atoms with van der Waals surface area (Å²) in [6.07, 6.45) is -6.32. The van der Waals surface area contributed by atoms with Crippen LogP contribution >= 0.6 is 11.6 Å². The molecule has 3 nitrogen and oxygen atoms in total. The molecular weight excluding hydrogens is 309 g/mol. The Hall–Kier alpha value is -1.27. The second-order valence-electron chi connectivity index (χ2n) is 5.45. The molecule has 7 heteroatoms. The van der Waals surface area contributed by atoms with Gasteiger partial charge in [-0.25, -0.2) is 0 Å². The quantitative estimate of drug-likeness (QED) is 0.843. The third-order valence-corrected chi connectivity index (χ3v) is 3.64. The lowest BCUT2D eigenvalue weighted by atomic mass is 9.75. The van der Waals surface area contributed by atoms with Gasteiger partial charge in [-0.1, -0.05) is 31.5 Å². The van der Waals surface area contributed by atoms with Crippen molar-refractivity contribution >= 4 is 17.9 Å². The van der Waals surface area contributed by atoms with E-state index in [4.69, 9.17) is 16.3 Å². The van der Waals surface area contributed by atoms with Crippen molar-refractivity contribution < 1.29 is 27.8 Å². The number of halogens is 4. The summed E-state index contributed by atoms with van der Waals surface area (Å²) in [6.45, 7) is 2.99. The van der Waals surface area contributed by atoms with E-state index in [1.807, 2.05) is 0 Å². The highest BCUT2D eigenvalue weighted by Gasteiger charge is 2.56. The fourth-order valence-corrected chi connectivity index (χ4v) is 2.26. The maximum Gasteiger partial charge on any atom is 0.424 e. The first kappa shape index (κ1) is 17.8. The summed E-state index contributed by atoms with van der Waals surface area (Å²) in [5, 5.41) is 9.90. The van der Waals surface area contributed by atoms with Crippen LogP contribution in [-0.2, 0) is 10.2 Å². The van der Waals surface area contributed by atoms with Crippen LogP contribution in [0.15, 0.2) is 18.2 Å². The van der Waals surface area contributed by atoms with Gasteiger partial charge in [0.2, 0.25) is 5.60 Å². The molecule has 0 aromatic heterocycles. The van der Waals surface area contributed by atoms with Crippen molar-refractivity contribution in [2.45, 2.75) is 37.5 Å². The SMILES string of the molecule is COc1cc(C(C)(C)CC(O)(C=O)C(F)(F)F)ccc1Cl. The smallest absolute Gasteiger partial charge is 0.424 e. The van der Waals surface area contributed by atoms with Gasteiger partial charge < -0.3 is 9.84 Å². The van der Waals surface area contributed by atoms with Crippen molar-refractivity contribution in [3.05, 3.63) is 28.8 Å². The predicted octanol–water partition coefficient (Wildman–Crippen LogP) is 3.51. The number of alkyl halides is 3. The minimum absolute atomic E-state index is 0.309. The number of rotatable bonds is 5. The van der Waals surface area contributed by atoms with E-state index in [0.29, 0.717) is 16.3 Å². The molecule has 0 saturated heterocycles. The molecule has 0 aliphatic heterocycles. The second-order valence-corrected chi connectivity index (χ2v) is 5.86. The van der Waals surface area contributed by atoms with Gasteiger partial charge in [-0.15, -0.1) is 0 Å². The molecule has 0 aliphatic rings. The van der Waals surface area contributed by atoms with Gasteiger partial charge in [-0.05, 0) is 23.1 Å². The summed E-state index contributed by atoms with van der Waals surface area (Å²) < 4.78 is 43.5. The van der Waals surface area contributed by atoms with Gasteiger partial charge in [-0.3, -0.25) is 4.79 Å². The molecule has 0 aliphatic carbocycles. The van der Waals surface area contributed by atoms with Crippen molar-refractivity contribution in [1.82, 2.24) is 0 Å². The van der Waals surface area contributed by atoms with E-state index < -0.39 is 29.9 Å². The highest BCUT2D eigenvalue weighted by atomic mass is 35.5. The number of carbonyl (C=O) groups is 1. The van der Waals surface area contributed by atoms with Crippen LogP contribution in [0.4, 0.5) is 13.2 Å². The Morgan fingerprint density at radius 2 is 1.90 bits per heavy atom. The lowest BCUT2D eigenvalue weighted by Crippen LogP contribution is -2.50. The zero-order chi connectivity index (χ0) is 16.5. The molecule has 1 aromatic rings. The summed E-state index contributed by atoms with van der Waals surface area (Å²) in [5.41, 5.74) is -4.06. The monoisotopic (exact) mass is 324 g/mol. The molecule has 0 amide bonds. The normalized spacial score (nSPS) is 15.4. The third kappa shape index (κ3) is 3.68. The standard InChI is InChI=1S/C14H16ClF3O3/c1-12(2,7-13(20,8-19)14(16,17)18)9-4-5-10(15)11(6-9)21-3/h4-6,8,20H,7H2,1-3H3. The average Bonchev–Trinajstić information content (AvgIpc) is 2.37. The molecule has 1 rings (SSSR count). The van der Waals surface area contributed by atoms with E-state index in [-0.39, 0.29) is 0 Å². The van der Waals surface area contributed by atoms with Crippen LogP contribution in [0.5, 0.6) is 5.75 Å². The Morgan fingerprint density at radius 3 is 2.33 bits per heavy atom. The van der Waals surface area contributed by atoms with E-state index in [1.165, 1.54) is 39.2 Å². The first-order valence-corrected chi connectivity index (χ1v) is 6.44. The zero-order valence-corrected chi connectivity index (χ0v) is 12.5. The Bertz CT molecular complexity index is 529. The van der Waals surface area contributed by atoms with Crippen LogP contribution < -0.4 is 4.74 Å². The summed E-state index contributed by atoms with van der Waals surface area (Å²) in [4.78, 5) is 10.7. The molecule has 0 fully saturated rings. The minimum atomic E-state index is -5.04. The number of ether oxygens (including phenoxy) is 1. The van der Waals surface area contributed by atoms with Crippen LogP contribution in [0.2, 0.25) is 5.02 Å². The van der Waals surface area contributed by atoms with Crippen LogP contribution in [0.25, 0.3) is 0 Å². The van der Waals surface area contributed by atoms with E-state index in [9.17, 15) is 23.1 Å². The van der Waals surface area contributed by atoms with Crippen LogP contribution in [0.3, 0.4) is 0 Å². The van der Waals surface area contributed by atoms with Crippen LogP contribution in [0.1, 0.15) is 25.8 Å². The Kier molecular flexibility index (Phi) is 4.95. The van der Waals surface area contributed by atoms with Crippen molar-refractivity contribution in [2.24, 2.45) is 0 Å². The molecule has 0 saturated carbocycles. The number of hydrogen-bond donors (Lipinski definition) is 1. The first-order valence-electron chi connectivity index (χ1n) is 6.06. The number of methoxy groups -OCH3 is 1. The summed E-state index contributed by atoms with van der Waals surface area (Å²) >= 11 is 5.87. The van der Waals surface area contributed by atoms with Gasteiger partial charge in [0.1, 0.15) is 5.75 Å². The summed E-state index contributed by atoms with van der Waals surface area (Å²) in [5.74, 6) is 0.309. The van der Waals surface area contributed by atoms with Crippen molar-refractivity contribution in [1.29, 1.82) is 0 Å². The van der Waals surface area contributed by atoms with E-state index in [1.54, 1.807) is 0 Å². The molecule has 1 aromatic carbocycles. The molecule has 118 valence electrons. The van der Waals surface area contributed by atoms with Crippen molar-refractivity contribution in [3.8, 4) is 5.75 Å². The molecule has 1 unspecified atom stereocenters. The Balaban J connectivity index is 3.19. The molecule has 1 atom stereocenters. The number of benzene rings is 1.